The number of hydrogen-bond acceptors (Lipinski definition) is 5. The first-order valence-electron chi connectivity index (χ1n) is 8.05. The molecule has 0 unspecified atom stereocenters. The van der Waals surface area contributed by atoms with E-state index in [2.05, 4.69) is 23.3 Å². The smallest absolute Gasteiger partial charge is 0.119 e. The molecular formula is C19H22N2O2S. The Labute approximate surface area is 146 Å². The predicted octanol–water partition coefficient (Wildman–Crippen LogP) is 3.56. The fourth-order valence-corrected chi connectivity index (χ4v) is 3.72. The third-order valence-electron chi connectivity index (χ3n) is 3.96. The molecule has 0 fully saturated rings. The average Bonchev–Trinajstić information content (AvgIpc) is 3.01. The summed E-state index contributed by atoms with van der Waals surface area (Å²) >= 11 is 1.73. The van der Waals surface area contributed by atoms with Crippen LogP contribution in [0.1, 0.15) is 23.6 Å². The van der Waals surface area contributed by atoms with E-state index in [1.807, 2.05) is 42.5 Å². The van der Waals surface area contributed by atoms with Crippen LogP contribution >= 0.6 is 11.3 Å². The zero-order valence-electron chi connectivity index (χ0n) is 13.9. The van der Waals surface area contributed by atoms with Crippen molar-refractivity contribution in [2.75, 3.05) is 13.7 Å². The molecular weight excluding hydrogens is 320 g/mol. The second-order valence-corrected chi connectivity index (χ2v) is 7.00. The molecule has 1 aromatic heterocycles. The highest BCUT2D eigenvalue weighted by molar-refractivity contribution is 7.18. The van der Waals surface area contributed by atoms with Crippen molar-refractivity contribution in [2.24, 2.45) is 0 Å². The van der Waals surface area contributed by atoms with Gasteiger partial charge in [0.05, 0.1) is 28.4 Å². The van der Waals surface area contributed by atoms with Crippen LogP contribution in [-0.2, 0) is 6.42 Å². The van der Waals surface area contributed by atoms with E-state index in [1.54, 1.807) is 18.4 Å². The maximum absolute atomic E-state index is 10.3. The van der Waals surface area contributed by atoms with E-state index in [0.29, 0.717) is 6.54 Å². The van der Waals surface area contributed by atoms with E-state index >= 15 is 0 Å². The third-order valence-corrected chi connectivity index (χ3v) is 5.02. The van der Waals surface area contributed by atoms with Crippen LogP contribution in [0.15, 0.2) is 48.5 Å². The molecule has 0 bridgehead atoms. The molecule has 2 aromatic carbocycles. The number of aliphatic hydroxyl groups is 1. The molecule has 126 valence electrons. The standard InChI is InChI=1S/C19H22N2O2S/c1-13(10-19-21-16-8-3-4-9-18(16)24-19)20-12-17(22)14-6-5-7-15(11-14)23-2/h3-9,11,13,17,20,22H,10,12H2,1-2H3/t13-,17+/m0/s1. The molecule has 3 rings (SSSR count). The Hall–Kier alpha value is -1.95. The van der Waals surface area contributed by atoms with Gasteiger partial charge in [0.15, 0.2) is 0 Å². The predicted molar refractivity (Wildman–Crippen MR) is 98.7 cm³/mol. The number of methoxy groups -OCH3 is 1. The number of fused-ring (bicyclic) bond motifs is 1. The molecule has 4 nitrogen and oxygen atoms in total. The van der Waals surface area contributed by atoms with Gasteiger partial charge in [-0.15, -0.1) is 11.3 Å². The van der Waals surface area contributed by atoms with Gasteiger partial charge in [0.1, 0.15) is 5.75 Å². The van der Waals surface area contributed by atoms with Crippen molar-refractivity contribution in [3.05, 3.63) is 59.1 Å². The van der Waals surface area contributed by atoms with Gasteiger partial charge in [0.2, 0.25) is 0 Å². The van der Waals surface area contributed by atoms with Crippen LogP contribution in [0.3, 0.4) is 0 Å². The van der Waals surface area contributed by atoms with E-state index in [4.69, 9.17) is 4.74 Å². The number of para-hydroxylation sites is 1. The van der Waals surface area contributed by atoms with E-state index in [1.165, 1.54) is 4.70 Å². The molecule has 24 heavy (non-hydrogen) atoms. The summed E-state index contributed by atoms with van der Waals surface area (Å²) in [5, 5.41) is 14.8. The van der Waals surface area contributed by atoms with Crippen LogP contribution in [-0.4, -0.2) is 29.8 Å². The van der Waals surface area contributed by atoms with Crippen molar-refractivity contribution in [2.45, 2.75) is 25.5 Å². The first kappa shape index (κ1) is 16.9. The minimum absolute atomic E-state index is 0.242. The zero-order valence-corrected chi connectivity index (χ0v) is 14.7. The zero-order chi connectivity index (χ0) is 16.9. The second-order valence-electron chi connectivity index (χ2n) is 5.88. The third kappa shape index (κ3) is 4.12. The summed E-state index contributed by atoms with van der Waals surface area (Å²) in [6.45, 7) is 2.61. The lowest BCUT2D eigenvalue weighted by molar-refractivity contribution is 0.170. The molecule has 0 spiro atoms. The highest BCUT2D eigenvalue weighted by Gasteiger charge is 2.12. The van der Waals surface area contributed by atoms with Crippen LogP contribution in [0.4, 0.5) is 0 Å². The van der Waals surface area contributed by atoms with Gasteiger partial charge in [-0.1, -0.05) is 24.3 Å². The lowest BCUT2D eigenvalue weighted by Gasteiger charge is -2.17. The molecule has 5 heteroatoms. The van der Waals surface area contributed by atoms with Crippen LogP contribution in [0.5, 0.6) is 5.75 Å². The molecule has 2 N–H and O–H groups in total. The van der Waals surface area contributed by atoms with Gasteiger partial charge in [-0.3, -0.25) is 0 Å². The van der Waals surface area contributed by atoms with Gasteiger partial charge in [-0.05, 0) is 36.8 Å². The summed E-state index contributed by atoms with van der Waals surface area (Å²) in [7, 11) is 1.63. The highest BCUT2D eigenvalue weighted by Crippen LogP contribution is 2.23. The minimum Gasteiger partial charge on any atom is -0.497 e. The number of nitrogens with zero attached hydrogens (tertiary/aromatic N) is 1. The van der Waals surface area contributed by atoms with Gasteiger partial charge >= 0.3 is 0 Å². The number of hydrogen-bond donors (Lipinski definition) is 2. The number of rotatable bonds is 7. The first-order valence-corrected chi connectivity index (χ1v) is 8.87. The Morgan fingerprint density at radius 3 is 2.83 bits per heavy atom. The Morgan fingerprint density at radius 2 is 2.04 bits per heavy atom. The molecule has 0 radical (unpaired) electrons. The van der Waals surface area contributed by atoms with Gasteiger partial charge < -0.3 is 15.2 Å². The lowest BCUT2D eigenvalue weighted by Crippen LogP contribution is -2.32. The normalized spacial score (nSPS) is 13.8. The van der Waals surface area contributed by atoms with Crippen molar-refractivity contribution >= 4 is 21.6 Å². The van der Waals surface area contributed by atoms with Crippen molar-refractivity contribution in [3.8, 4) is 5.75 Å². The van der Waals surface area contributed by atoms with Crippen LogP contribution in [0.25, 0.3) is 10.2 Å². The minimum atomic E-state index is -0.557. The number of aliphatic hydroxyl groups excluding tert-OH is 1. The molecule has 3 aromatic rings. The van der Waals surface area contributed by atoms with Crippen molar-refractivity contribution in [1.82, 2.24) is 10.3 Å². The van der Waals surface area contributed by atoms with Gasteiger partial charge in [-0.2, -0.15) is 0 Å². The van der Waals surface area contributed by atoms with Crippen molar-refractivity contribution in [3.63, 3.8) is 0 Å². The number of ether oxygens (including phenoxy) is 1. The van der Waals surface area contributed by atoms with Crippen LogP contribution in [0.2, 0.25) is 0 Å². The summed E-state index contributed by atoms with van der Waals surface area (Å²) in [6, 6.07) is 16.0. The van der Waals surface area contributed by atoms with E-state index in [-0.39, 0.29) is 6.04 Å². The molecule has 0 aliphatic rings. The van der Waals surface area contributed by atoms with Gasteiger partial charge in [-0.25, -0.2) is 4.98 Å². The van der Waals surface area contributed by atoms with Gasteiger partial charge in [0.25, 0.3) is 0 Å². The summed E-state index contributed by atoms with van der Waals surface area (Å²) in [6.07, 6.45) is 0.294. The molecule has 0 saturated heterocycles. The summed E-state index contributed by atoms with van der Waals surface area (Å²) in [5.74, 6) is 0.758. The van der Waals surface area contributed by atoms with E-state index in [0.717, 1.165) is 28.3 Å². The maximum atomic E-state index is 10.3. The largest absolute Gasteiger partial charge is 0.497 e. The maximum Gasteiger partial charge on any atom is 0.119 e. The monoisotopic (exact) mass is 342 g/mol. The number of benzene rings is 2. The first-order chi connectivity index (χ1) is 11.7. The average molecular weight is 342 g/mol. The molecule has 1 heterocycles. The fourth-order valence-electron chi connectivity index (χ4n) is 2.62. The number of nitrogens with one attached hydrogen (secondary N) is 1. The Balaban J connectivity index is 1.55. The second kappa shape index (κ2) is 7.75. The fraction of sp³-hybridized carbons (Fsp3) is 0.316. The SMILES string of the molecule is COc1cccc([C@H](O)CN[C@@H](C)Cc2nc3ccccc3s2)c1. The van der Waals surface area contributed by atoms with Crippen molar-refractivity contribution in [1.29, 1.82) is 0 Å². The van der Waals surface area contributed by atoms with E-state index < -0.39 is 6.10 Å². The Kier molecular flexibility index (Phi) is 5.45. The van der Waals surface area contributed by atoms with Gasteiger partial charge in [0, 0.05) is 19.0 Å². The highest BCUT2D eigenvalue weighted by atomic mass is 32.1. The molecule has 0 aliphatic carbocycles. The number of aromatic nitrogens is 1. The van der Waals surface area contributed by atoms with E-state index in [9.17, 15) is 5.11 Å². The summed E-state index contributed by atoms with van der Waals surface area (Å²) < 4.78 is 6.42. The quantitative estimate of drug-likeness (QED) is 0.689. The van der Waals surface area contributed by atoms with Crippen LogP contribution < -0.4 is 10.1 Å². The summed E-state index contributed by atoms with van der Waals surface area (Å²) in [5.41, 5.74) is 1.91. The molecule has 2 atom stereocenters. The van der Waals surface area contributed by atoms with Crippen molar-refractivity contribution < 1.29 is 9.84 Å². The lowest BCUT2D eigenvalue weighted by atomic mass is 10.1. The molecule has 0 saturated carbocycles. The molecule has 0 aliphatic heterocycles. The Morgan fingerprint density at radius 1 is 1.21 bits per heavy atom. The number of thiazole rings is 1. The summed E-state index contributed by atoms with van der Waals surface area (Å²) in [4.78, 5) is 4.66. The topological polar surface area (TPSA) is 54.4 Å². The van der Waals surface area contributed by atoms with Crippen LogP contribution in [0, 0.1) is 0 Å². The molecule has 0 amide bonds. The Bertz CT molecular complexity index is 770.